The molecule has 0 radical (unpaired) electrons. The molecule has 2 N–H and O–H groups in total. The van der Waals surface area contributed by atoms with Crippen molar-refractivity contribution in [2.45, 2.75) is 6.92 Å². The first-order chi connectivity index (χ1) is 12.1. The number of Topliss-reactive ketones (excluding diaryl/α,β-unsaturated/α-hetero) is 1. The van der Waals surface area contributed by atoms with Crippen molar-refractivity contribution in [3.63, 3.8) is 0 Å². The van der Waals surface area contributed by atoms with E-state index < -0.39 is 0 Å². The molecule has 0 fully saturated rings. The highest BCUT2D eigenvalue weighted by molar-refractivity contribution is 6.09. The third-order valence-corrected chi connectivity index (χ3v) is 3.75. The van der Waals surface area contributed by atoms with Crippen LogP contribution in [-0.2, 0) is 0 Å². The lowest BCUT2D eigenvalue weighted by molar-refractivity contribution is 0.101. The maximum Gasteiger partial charge on any atom is 0.257 e. The number of carbonyl (C=O) groups is 2. The Morgan fingerprint density at radius 2 is 1.44 bits per heavy atom. The third-order valence-electron chi connectivity index (χ3n) is 3.75. The molecule has 0 atom stereocenters. The highest BCUT2D eigenvalue weighted by Gasteiger charge is 2.12. The largest absolute Gasteiger partial charge is 0.355 e. The van der Waals surface area contributed by atoms with Crippen molar-refractivity contribution in [1.82, 2.24) is 0 Å². The van der Waals surface area contributed by atoms with Crippen molar-refractivity contribution in [2.24, 2.45) is 0 Å². The van der Waals surface area contributed by atoms with Gasteiger partial charge >= 0.3 is 0 Å². The zero-order valence-corrected chi connectivity index (χ0v) is 13.8. The van der Waals surface area contributed by atoms with Gasteiger partial charge in [0.15, 0.2) is 5.78 Å². The Hall–Kier alpha value is -3.40. The predicted octanol–water partition coefficient (Wildman–Crippen LogP) is 4.89. The molecule has 3 rings (SSSR count). The molecule has 0 aliphatic carbocycles. The third kappa shape index (κ3) is 4.12. The monoisotopic (exact) mass is 330 g/mol. The fraction of sp³-hybridized carbons (Fsp3) is 0.0476. The van der Waals surface area contributed by atoms with Crippen LogP contribution in [0.5, 0.6) is 0 Å². The van der Waals surface area contributed by atoms with Crippen LogP contribution in [0, 0.1) is 0 Å². The number of carbonyl (C=O) groups excluding carboxylic acids is 2. The van der Waals surface area contributed by atoms with Crippen LogP contribution in [0.25, 0.3) is 0 Å². The van der Waals surface area contributed by atoms with Gasteiger partial charge in [-0.1, -0.05) is 42.5 Å². The summed E-state index contributed by atoms with van der Waals surface area (Å²) in [7, 11) is 0. The van der Waals surface area contributed by atoms with E-state index in [9.17, 15) is 9.59 Å². The Morgan fingerprint density at radius 3 is 2.20 bits per heavy atom. The minimum atomic E-state index is -0.236. The minimum absolute atomic E-state index is 0.0396. The molecule has 0 saturated heterocycles. The van der Waals surface area contributed by atoms with E-state index in [2.05, 4.69) is 10.6 Å². The maximum absolute atomic E-state index is 12.7. The number of hydrogen-bond donors (Lipinski definition) is 2. The molecule has 0 spiro atoms. The van der Waals surface area contributed by atoms with Gasteiger partial charge in [-0.25, -0.2) is 0 Å². The van der Waals surface area contributed by atoms with Gasteiger partial charge in [0.05, 0.1) is 11.3 Å². The van der Waals surface area contributed by atoms with E-state index in [0.29, 0.717) is 22.5 Å². The van der Waals surface area contributed by atoms with E-state index in [-0.39, 0.29) is 11.7 Å². The molecular formula is C21H18N2O2. The smallest absolute Gasteiger partial charge is 0.257 e. The van der Waals surface area contributed by atoms with E-state index in [1.165, 1.54) is 6.92 Å². The first kappa shape index (κ1) is 16.5. The van der Waals surface area contributed by atoms with Gasteiger partial charge in [0.2, 0.25) is 0 Å². The number of amides is 1. The number of hydrogen-bond acceptors (Lipinski definition) is 3. The lowest BCUT2D eigenvalue weighted by Crippen LogP contribution is -2.14. The molecule has 3 aromatic carbocycles. The highest BCUT2D eigenvalue weighted by atomic mass is 16.1. The SMILES string of the molecule is CC(=O)c1cccc(NC(=O)c2ccccc2Nc2ccccc2)c1. The fourth-order valence-electron chi connectivity index (χ4n) is 2.48. The van der Waals surface area contributed by atoms with Crippen LogP contribution in [0.3, 0.4) is 0 Å². The Morgan fingerprint density at radius 1 is 0.760 bits per heavy atom. The number of anilines is 3. The first-order valence-electron chi connectivity index (χ1n) is 7.97. The zero-order chi connectivity index (χ0) is 17.6. The van der Waals surface area contributed by atoms with Gasteiger partial charge in [-0.3, -0.25) is 9.59 Å². The molecule has 0 aliphatic heterocycles. The molecule has 1 amide bonds. The molecule has 0 saturated carbocycles. The van der Waals surface area contributed by atoms with Crippen LogP contribution >= 0.6 is 0 Å². The van der Waals surface area contributed by atoms with Gasteiger partial charge in [-0.2, -0.15) is 0 Å². The quantitative estimate of drug-likeness (QED) is 0.655. The van der Waals surface area contributed by atoms with Gasteiger partial charge < -0.3 is 10.6 Å². The number of rotatable bonds is 5. The first-order valence-corrected chi connectivity index (χ1v) is 7.97. The molecule has 0 aromatic heterocycles. The molecular weight excluding hydrogens is 312 g/mol. The summed E-state index contributed by atoms with van der Waals surface area (Å²) in [5, 5.41) is 6.10. The molecule has 0 unspecified atom stereocenters. The summed E-state index contributed by atoms with van der Waals surface area (Å²) in [6.45, 7) is 1.50. The minimum Gasteiger partial charge on any atom is -0.355 e. The second kappa shape index (κ2) is 7.45. The lowest BCUT2D eigenvalue weighted by atomic mass is 10.1. The Bertz CT molecular complexity index is 905. The van der Waals surface area contributed by atoms with Crippen LogP contribution < -0.4 is 10.6 Å². The summed E-state index contributed by atoms with van der Waals surface area (Å²) in [4.78, 5) is 24.2. The second-order valence-corrected chi connectivity index (χ2v) is 5.63. The highest BCUT2D eigenvalue weighted by Crippen LogP contribution is 2.22. The van der Waals surface area contributed by atoms with Crippen molar-refractivity contribution in [3.05, 3.63) is 90.0 Å². The molecule has 0 heterocycles. The predicted molar refractivity (Wildman–Crippen MR) is 101 cm³/mol. The summed E-state index contributed by atoms with van der Waals surface area (Å²) in [5.74, 6) is -0.276. The van der Waals surface area contributed by atoms with Crippen LogP contribution in [-0.4, -0.2) is 11.7 Å². The Balaban J connectivity index is 1.83. The van der Waals surface area contributed by atoms with Crippen molar-refractivity contribution in [2.75, 3.05) is 10.6 Å². The van der Waals surface area contributed by atoms with Gasteiger partial charge in [0.1, 0.15) is 0 Å². The summed E-state index contributed by atoms with van der Waals surface area (Å²) in [5.41, 5.74) is 3.30. The molecule has 4 nitrogen and oxygen atoms in total. The van der Waals surface area contributed by atoms with E-state index in [0.717, 1.165) is 5.69 Å². The van der Waals surface area contributed by atoms with Crippen molar-refractivity contribution < 1.29 is 9.59 Å². The molecule has 0 aliphatic rings. The second-order valence-electron chi connectivity index (χ2n) is 5.63. The Kier molecular flexibility index (Phi) is 4.90. The molecule has 0 bridgehead atoms. The summed E-state index contributed by atoms with van der Waals surface area (Å²) < 4.78 is 0. The van der Waals surface area contributed by atoms with Crippen molar-refractivity contribution >= 4 is 28.8 Å². The van der Waals surface area contributed by atoms with Crippen LogP contribution in [0.1, 0.15) is 27.6 Å². The summed E-state index contributed by atoms with van der Waals surface area (Å²) in [6, 6.07) is 23.9. The van der Waals surface area contributed by atoms with E-state index >= 15 is 0 Å². The zero-order valence-electron chi connectivity index (χ0n) is 13.8. The summed E-state index contributed by atoms with van der Waals surface area (Å²) >= 11 is 0. The molecule has 4 heteroatoms. The van der Waals surface area contributed by atoms with Gasteiger partial charge in [0.25, 0.3) is 5.91 Å². The van der Waals surface area contributed by atoms with E-state index in [1.54, 1.807) is 30.3 Å². The molecule has 25 heavy (non-hydrogen) atoms. The van der Waals surface area contributed by atoms with E-state index in [1.807, 2.05) is 48.5 Å². The Labute approximate surface area is 146 Å². The average Bonchev–Trinajstić information content (AvgIpc) is 2.63. The standard InChI is InChI=1S/C21H18N2O2/c1-15(24)16-8-7-11-18(14-16)23-21(25)19-12-5-6-13-20(19)22-17-9-3-2-4-10-17/h2-14,22H,1H3,(H,23,25). The van der Waals surface area contributed by atoms with Crippen LogP contribution in [0.15, 0.2) is 78.9 Å². The normalized spacial score (nSPS) is 10.1. The molecule has 124 valence electrons. The lowest BCUT2D eigenvalue weighted by Gasteiger charge is -2.12. The number of para-hydroxylation sites is 2. The van der Waals surface area contributed by atoms with E-state index in [4.69, 9.17) is 0 Å². The van der Waals surface area contributed by atoms with Gasteiger partial charge in [-0.05, 0) is 43.3 Å². The average molecular weight is 330 g/mol. The topological polar surface area (TPSA) is 58.2 Å². The van der Waals surface area contributed by atoms with Crippen LogP contribution in [0.2, 0.25) is 0 Å². The summed E-state index contributed by atoms with van der Waals surface area (Å²) in [6.07, 6.45) is 0. The number of nitrogens with one attached hydrogen (secondary N) is 2. The van der Waals surface area contributed by atoms with Gasteiger partial charge in [0, 0.05) is 16.9 Å². The number of ketones is 1. The van der Waals surface area contributed by atoms with Gasteiger partial charge in [-0.15, -0.1) is 0 Å². The fourth-order valence-corrected chi connectivity index (χ4v) is 2.48. The van der Waals surface area contributed by atoms with Crippen molar-refractivity contribution in [1.29, 1.82) is 0 Å². The van der Waals surface area contributed by atoms with Crippen LogP contribution in [0.4, 0.5) is 17.1 Å². The molecule has 3 aromatic rings. The van der Waals surface area contributed by atoms with Crippen molar-refractivity contribution in [3.8, 4) is 0 Å². The maximum atomic E-state index is 12.7. The number of benzene rings is 3.